The van der Waals surface area contributed by atoms with Gasteiger partial charge in [0.05, 0.1) is 6.04 Å². The third kappa shape index (κ3) is 2.96. The van der Waals surface area contributed by atoms with E-state index in [-0.39, 0.29) is 17.9 Å². The van der Waals surface area contributed by atoms with Crippen LogP contribution in [0, 0.1) is 0 Å². The minimum atomic E-state index is -0.453. The maximum atomic E-state index is 11.9. The van der Waals surface area contributed by atoms with Crippen LogP contribution in [-0.4, -0.2) is 47.3 Å². The lowest BCUT2D eigenvalue weighted by Gasteiger charge is -2.28. The first-order valence-corrected chi connectivity index (χ1v) is 7.17. The van der Waals surface area contributed by atoms with Crippen molar-refractivity contribution in [2.75, 3.05) is 20.1 Å². The number of likely N-dealkylation sites (tertiary alicyclic amines) is 1. The van der Waals surface area contributed by atoms with Gasteiger partial charge in [0, 0.05) is 32.5 Å². The van der Waals surface area contributed by atoms with E-state index in [0.717, 1.165) is 5.56 Å². The van der Waals surface area contributed by atoms with Crippen LogP contribution >= 0.6 is 11.6 Å². The highest BCUT2D eigenvalue weighted by Crippen LogP contribution is 2.31. The molecule has 0 spiro atoms. The Labute approximate surface area is 124 Å². The van der Waals surface area contributed by atoms with Gasteiger partial charge in [-0.15, -0.1) is 0 Å². The topological polar surface area (TPSA) is 40.6 Å². The van der Waals surface area contributed by atoms with Crippen molar-refractivity contribution in [1.82, 2.24) is 9.80 Å². The summed E-state index contributed by atoms with van der Waals surface area (Å²) in [5.74, 6) is 0.194. The van der Waals surface area contributed by atoms with Crippen LogP contribution < -0.4 is 0 Å². The number of halogens is 1. The Morgan fingerprint density at radius 1 is 1.30 bits per heavy atom. The minimum Gasteiger partial charge on any atom is -0.340 e. The predicted molar refractivity (Wildman–Crippen MR) is 78.9 cm³/mol. The van der Waals surface area contributed by atoms with Crippen molar-refractivity contribution in [1.29, 1.82) is 0 Å². The Bertz CT molecular complexity index is 492. The number of hydrogen-bond donors (Lipinski definition) is 0. The smallest absolute Gasteiger partial charge is 0.316 e. The van der Waals surface area contributed by atoms with E-state index in [9.17, 15) is 9.59 Å². The van der Waals surface area contributed by atoms with Gasteiger partial charge in [-0.05, 0) is 17.2 Å². The molecular weight excluding hydrogens is 276 g/mol. The Morgan fingerprint density at radius 3 is 2.50 bits per heavy atom. The molecule has 1 fully saturated rings. The van der Waals surface area contributed by atoms with Gasteiger partial charge in [0.15, 0.2) is 0 Å². The molecule has 0 bridgehead atoms. The normalized spacial score (nSPS) is 21.9. The largest absolute Gasteiger partial charge is 0.340 e. The maximum absolute atomic E-state index is 11.9. The van der Waals surface area contributed by atoms with E-state index in [0.29, 0.717) is 19.5 Å². The molecule has 5 heteroatoms. The van der Waals surface area contributed by atoms with Gasteiger partial charge in [-0.3, -0.25) is 9.59 Å². The monoisotopic (exact) mass is 294 g/mol. The highest BCUT2D eigenvalue weighted by atomic mass is 35.5. The number of hydrogen-bond acceptors (Lipinski definition) is 2. The molecule has 1 aromatic carbocycles. The Balaban J connectivity index is 2.26. The van der Waals surface area contributed by atoms with E-state index in [1.165, 1.54) is 0 Å². The molecule has 2 rings (SSSR count). The average Bonchev–Trinajstić information content (AvgIpc) is 2.92. The zero-order chi connectivity index (χ0) is 14.7. The molecule has 0 radical (unpaired) electrons. The second-order valence-corrected chi connectivity index (χ2v) is 5.42. The summed E-state index contributed by atoms with van der Waals surface area (Å²) < 4.78 is 0. The van der Waals surface area contributed by atoms with Crippen LogP contribution in [0.25, 0.3) is 0 Å². The number of benzene rings is 1. The molecule has 108 valence electrons. The Hall–Kier alpha value is -1.55. The highest BCUT2D eigenvalue weighted by molar-refractivity contribution is 6.62. The van der Waals surface area contributed by atoms with Crippen LogP contribution in [0.2, 0.25) is 0 Å². The molecule has 1 aliphatic rings. The van der Waals surface area contributed by atoms with Crippen LogP contribution in [0.5, 0.6) is 0 Å². The maximum Gasteiger partial charge on any atom is 0.316 e. The van der Waals surface area contributed by atoms with Gasteiger partial charge in [0.25, 0.3) is 0 Å². The van der Waals surface area contributed by atoms with E-state index in [2.05, 4.69) is 0 Å². The molecule has 2 atom stereocenters. The molecule has 1 aliphatic heterocycles. The minimum absolute atomic E-state index is 0.0208. The molecule has 2 amide bonds. The first kappa shape index (κ1) is 14.9. The molecule has 0 aliphatic carbocycles. The van der Waals surface area contributed by atoms with E-state index < -0.39 is 5.37 Å². The second-order valence-electron chi connectivity index (χ2n) is 5.10. The number of amides is 2. The fraction of sp³-hybridized carbons (Fsp3) is 0.467. The summed E-state index contributed by atoms with van der Waals surface area (Å²) in [7, 11) is 1.80. The third-order valence-electron chi connectivity index (χ3n) is 3.96. The molecule has 4 nitrogen and oxygen atoms in total. The molecular formula is C15H19ClN2O2. The van der Waals surface area contributed by atoms with Gasteiger partial charge in [-0.25, -0.2) is 0 Å². The van der Waals surface area contributed by atoms with Crippen LogP contribution in [0.15, 0.2) is 30.3 Å². The fourth-order valence-electron chi connectivity index (χ4n) is 2.78. The standard InChI is InChI=1S/C15H19ClN2O2/c1-3-14(19)17(2)13-10-18(15(16)20)9-12(13)11-7-5-4-6-8-11/h4-8,12-13H,3,9-10H2,1-2H3/t12-,13+/m0/s1. The SMILES string of the molecule is CCC(=O)N(C)[C@@H]1CN(C(=O)Cl)C[C@H]1c1ccccc1. The quantitative estimate of drug-likeness (QED) is 0.635. The van der Waals surface area contributed by atoms with Gasteiger partial charge >= 0.3 is 5.37 Å². The first-order chi connectivity index (χ1) is 9.54. The summed E-state index contributed by atoms with van der Waals surface area (Å²) in [6.07, 6.45) is 0.462. The number of likely N-dealkylation sites (N-methyl/N-ethyl adjacent to an activating group) is 1. The summed E-state index contributed by atoms with van der Waals surface area (Å²) >= 11 is 5.60. The van der Waals surface area contributed by atoms with Gasteiger partial charge in [-0.2, -0.15) is 0 Å². The zero-order valence-electron chi connectivity index (χ0n) is 11.8. The van der Waals surface area contributed by atoms with Crippen molar-refractivity contribution in [3.05, 3.63) is 35.9 Å². The molecule has 1 heterocycles. The molecule has 1 saturated heterocycles. The Morgan fingerprint density at radius 2 is 1.95 bits per heavy atom. The average molecular weight is 295 g/mol. The van der Waals surface area contributed by atoms with Crippen LogP contribution in [-0.2, 0) is 4.79 Å². The third-order valence-corrected chi connectivity index (χ3v) is 4.20. The number of carbonyl (C=O) groups excluding carboxylic acids is 2. The molecule has 1 aromatic rings. The van der Waals surface area contributed by atoms with Crippen molar-refractivity contribution in [3.63, 3.8) is 0 Å². The molecule has 0 aromatic heterocycles. The molecule has 0 N–H and O–H groups in total. The molecule has 0 unspecified atom stereocenters. The van der Waals surface area contributed by atoms with Crippen LogP contribution in [0.1, 0.15) is 24.8 Å². The van der Waals surface area contributed by atoms with Gasteiger partial charge in [0.2, 0.25) is 5.91 Å². The van der Waals surface area contributed by atoms with Crippen LogP contribution in [0.3, 0.4) is 0 Å². The summed E-state index contributed by atoms with van der Waals surface area (Å²) in [6, 6.07) is 9.94. The first-order valence-electron chi connectivity index (χ1n) is 6.79. The lowest BCUT2D eigenvalue weighted by Crippen LogP contribution is -2.41. The van der Waals surface area contributed by atoms with Crippen molar-refractivity contribution >= 4 is 22.9 Å². The summed E-state index contributed by atoms with van der Waals surface area (Å²) in [6.45, 7) is 2.89. The second kappa shape index (κ2) is 6.27. The summed E-state index contributed by atoms with van der Waals surface area (Å²) in [5.41, 5.74) is 1.13. The van der Waals surface area contributed by atoms with E-state index >= 15 is 0 Å². The van der Waals surface area contributed by atoms with Crippen molar-refractivity contribution in [3.8, 4) is 0 Å². The van der Waals surface area contributed by atoms with Crippen molar-refractivity contribution in [2.45, 2.75) is 25.3 Å². The Kier molecular flexibility index (Phi) is 4.65. The van der Waals surface area contributed by atoms with Gasteiger partial charge in [-0.1, -0.05) is 37.3 Å². The summed E-state index contributed by atoms with van der Waals surface area (Å²) in [5, 5.41) is -0.453. The number of rotatable bonds is 3. The predicted octanol–water partition coefficient (Wildman–Crippen LogP) is 2.68. The number of carbonyl (C=O) groups is 2. The van der Waals surface area contributed by atoms with E-state index in [4.69, 9.17) is 11.6 Å². The fourth-order valence-corrected chi connectivity index (χ4v) is 2.92. The van der Waals surface area contributed by atoms with Crippen molar-refractivity contribution in [2.24, 2.45) is 0 Å². The van der Waals surface area contributed by atoms with Gasteiger partial charge < -0.3 is 9.80 Å². The zero-order valence-corrected chi connectivity index (χ0v) is 12.5. The van der Waals surface area contributed by atoms with E-state index in [1.807, 2.05) is 37.3 Å². The molecule has 0 saturated carbocycles. The number of nitrogens with zero attached hydrogens (tertiary/aromatic N) is 2. The lowest BCUT2D eigenvalue weighted by atomic mass is 9.93. The van der Waals surface area contributed by atoms with Crippen LogP contribution in [0.4, 0.5) is 4.79 Å². The molecule has 20 heavy (non-hydrogen) atoms. The van der Waals surface area contributed by atoms with E-state index in [1.54, 1.807) is 16.8 Å². The summed E-state index contributed by atoms with van der Waals surface area (Å²) in [4.78, 5) is 26.7. The lowest BCUT2D eigenvalue weighted by molar-refractivity contribution is -0.131. The highest BCUT2D eigenvalue weighted by Gasteiger charge is 2.39. The van der Waals surface area contributed by atoms with Crippen molar-refractivity contribution < 1.29 is 9.59 Å². The van der Waals surface area contributed by atoms with Gasteiger partial charge in [0.1, 0.15) is 0 Å².